The fourth-order valence-corrected chi connectivity index (χ4v) is 6.31. The summed E-state index contributed by atoms with van der Waals surface area (Å²) in [5, 5.41) is 18.8. The van der Waals surface area contributed by atoms with Crippen molar-refractivity contribution in [1.82, 2.24) is 15.2 Å². The lowest BCUT2D eigenvalue weighted by Gasteiger charge is -2.40. The van der Waals surface area contributed by atoms with Crippen LogP contribution in [0.2, 0.25) is 0 Å². The number of pyridine rings is 1. The van der Waals surface area contributed by atoms with E-state index in [4.69, 9.17) is 5.26 Å². The van der Waals surface area contributed by atoms with E-state index in [1.54, 1.807) is 12.3 Å². The number of likely N-dealkylation sites (N-methyl/N-ethyl adjacent to an activating group) is 1. The Morgan fingerprint density at radius 2 is 1.85 bits per heavy atom. The maximum Gasteiger partial charge on any atom is 0.322 e. The third-order valence-corrected chi connectivity index (χ3v) is 9.17. The van der Waals surface area contributed by atoms with Crippen LogP contribution in [-0.4, -0.2) is 66.6 Å². The molecule has 240 valence electrons. The molecule has 3 N–H and O–H groups in total. The largest absolute Gasteiger partial charge is 0.367 e. The molecular weight excluding hydrogens is 576 g/mol. The predicted octanol–water partition coefficient (Wildman–Crippen LogP) is 5.92. The van der Waals surface area contributed by atoms with Gasteiger partial charge in [0.25, 0.3) is 0 Å². The number of piperazine rings is 1. The number of amides is 3. The fraction of sp³-hybridized carbons (Fsp3) is 0.389. The van der Waals surface area contributed by atoms with Crippen molar-refractivity contribution in [2.24, 2.45) is 0 Å². The Kier molecular flexibility index (Phi) is 10.6. The number of urea groups is 1. The van der Waals surface area contributed by atoms with E-state index in [0.29, 0.717) is 17.3 Å². The van der Waals surface area contributed by atoms with Gasteiger partial charge in [-0.15, -0.1) is 0 Å². The zero-order chi connectivity index (χ0) is 32.6. The Hall–Kier alpha value is -4.88. The van der Waals surface area contributed by atoms with E-state index in [-0.39, 0.29) is 30.1 Å². The number of benzene rings is 2. The van der Waals surface area contributed by atoms with E-state index in [2.05, 4.69) is 57.4 Å². The van der Waals surface area contributed by atoms with Crippen molar-refractivity contribution in [1.29, 1.82) is 5.26 Å². The van der Waals surface area contributed by atoms with Gasteiger partial charge in [0, 0.05) is 49.6 Å². The summed E-state index contributed by atoms with van der Waals surface area (Å²) in [5.74, 6) is 0.447. The number of rotatable bonds is 9. The molecule has 2 fully saturated rings. The van der Waals surface area contributed by atoms with Crippen LogP contribution < -0.4 is 25.8 Å². The van der Waals surface area contributed by atoms with E-state index < -0.39 is 0 Å². The van der Waals surface area contributed by atoms with Crippen LogP contribution in [0.5, 0.6) is 0 Å². The summed E-state index contributed by atoms with van der Waals surface area (Å²) in [6.45, 7) is 10.4. The first-order chi connectivity index (χ1) is 22.2. The standard InChI is InChI=1S/C36H44N8O2/c1-5-35(45)41-32-21-31(16-17-33(32)43-20-19-42(4)25(2)24-43)44(36(46)39-26(3)28-9-7-6-8-10-28)30-14-12-29(13-15-30)40-34-18-11-27(22-37)23-38-34/h5-11,16-18,21,23,25-26,29-30H,1,12-15,19-20,24H2,2-4H3,(H,38,40)(H,39,46)(H,41,45)/t25-,26+,29?,30?/m0/s1. The molecule has 0 unspecified atom stereocenters. The number of hydrogen-bond acceptors (Lipinski definition) is 7. The lowest BCUT2D eigenvalue weighted by atomic mass is 9.89. The molecule has 0 bridgehead atoms. The van der Waals surface area contributed by atoms with E-state index in [0.717, 1.165) is 68.1 Å². The Labute approximate surface area is 272 Å². The highest BCUT2D eigenvalue weighted by molar-refractivity contribution is 6.02. The van der Waals surface area contributed by atoms with Crippen LogP contribution in [0.25, 0.3) is 0 Å². The summed E-state index contributed by atoms with van der Waals surface area (Å²) < 4.78 is 0. The van der Waals surface area contributed by atoms with Crippen molar-refractivity contribution in [3.8, 4) is 6.07 Å². The van der Waals surface area contributed by atoms with Crippen LogP contribution in [-0.2, 0) is 4.79 Å². The highest BCUT2D eigenvalue weighted by Gasteiger charge is 2.32. The molecule has 0 spiro atoms. The SMILES string of the molecule is C=CC(=O)Nc1cc(N(C(=O)N[C@H](C)c2ccccc2)C2CCC(Nc3ccc(C#N)cn3)CC2)ccc1N1CCN(C)[C@@H](C)C1. The Morgan fingerprint density at radius 3 is 2.50 bits per heavy atom. The van der Waals surface area contributed by atoms with Crippen molar-refractivity contribution in [2.45, 2.75) is 63.7 Å². The van der Waals surface area contributed by atoms with Gasteiger partial charge in [0.1, 0.15) is 11.9 Å². The van der Waals surface area contributed by atoms with Crippen LogP contribution in [0.4, 0.5) is 27.7 Å². The van der Waals surface area contributed by atoms with Gasteiger partial charge in [0.05, 0.1) is 23.0 Å². The maximum atomic E-state index is 14.2. The molecule has 1 saturated heterocycles. The number of hydrogen-bond donors (Lipinski definition) is 3. The molecule has 1 aliphatic carbocycles. The van der Waals surface area contributed by atoms with E-state index in [9.17, 15) is 9.59 Å². The zero-order valence-corrected chi connectivity index (χ0v) is 26.9. The van der Waals surface area contributed by atoms with Gasteiger partial charge in [-0.2, -0.15) is 5.26 Å². The van der Waals surface area contributed by atoms with Crippen LogP contribution in [0.15, 0.2) is 79.5 Å². The molecule has 3 aromatic rings. The third-order valence-electron chi connectivity index (χ3n) is 9.17. The minimum Gasteiger partial charge on any atom is -0.367 e. The number of carbonyl (C=O) groups is 2. The third kappa shape index (κ3) is 7.85. The predicted molar refractivity (Wildman–Crippen MR) is 184 cm³/mol. The highest BCUT2D eigenvalue weighted by Crippen LogP contribution is 2.36. The maximum absolute atomic E-state index is 14.2. The minimum absolute atomic E-state index is 0.0487. The van der Waals surface area contributed by atoms with E-state index in [1.807, 2.05) is 66.4 Å². The molecule has 10 nitrogen and oxygen atoms in total. The molecule has 0 radical (unpaired) electrons. The number of nitrogens with zero attached hydrogens (tertiary/aromatic N) is 5. The normalized spacial score (nSPS) is 20.6. The van der Waals surface area contributed by atoms with E-state index >= 15 is 0 Å². The first kappa shape index (κ1) is 32.5. The number of carbonyl (C=O) groups excluding carboxylic acids is 2. The number of anilines is 4. The lowest BCUT2D eigenvalue weighted by Crippen LogP contribution is -2.50. The molecule has 2 heterocycles. The van der Waals surface area contributed by atoms with Crippen LogP contribution in [0.3, 0.4) is 0 Å². The van der Waals surface area contributed by atoms with Crippen molar-refractivity contribution >= 4 is 34.8 Å². The molecule has 5 rings (SSSR count). The topological polar surface area (TPSA) is 117 Å². The molecule has 1 saturated carbocycles. The number of nitrogens with one attached hydrogen (secondary N) is 3. The monoisotopic (exact) mass is 620 g/mol. The molecule has 1 aromatic heterocycles. The fourth-order valence-electron chi connectivity index (χ4n) is 6.31. The van der Waals surface area contributed by atoms with Crippen LogP contribution in [0, 0.1) is 11.3 Å². The average molecular weight is 621 g/mol. The Morgan fingerprint density at radius 1 is 1.09 bits per heavy atom. The molecule has 2 aromatic carbocycles. The summed E-state index contributed by atoms with van der Waals surface area (Å²) in [6.07, 6.45) is 6.11. The number of nitriles is 1. The van der Waals surface area contributed by atoms with E-state index in [1.165, 1.54) is 6.08 Å². The first-order valence-electron chi connectivity index (χ1n) is 16.1. The van der Waals surface area contributed by atoms with Crippen LogP contribution >= 0.6 is 0 Å². The summed E-state index contributed by atoms with van der Waals surface area (Å²) in [5.41, 5.74) is 3.87. The summed E-state index contributed by atoms with van der Waals surface area (Å²) in [7, 11) is 2.13. The smallest absolute Gasteiger partial charge is 0.322 e. The molecule has 3 amide bonds. The van der Waals surface area contributed by atoms with Crippen molar-refractivity contribution < 1.29 is 9.59 Å². The summed E-state index contributed by atoms with van der Waals surface area (Å²) in [4.78, 5) is 37.6. The zero-order valence-electron chi connectivity index (χ0n) is 26.9. The van der Waals surface area contributed by atoms with Gasteiger partial charge in [0.2, 0.25) is 5.91 Å². The second kappa shape index (κ2) is 14.9. The molecule has 2 aliphatic rings. The molecule has 1 aliphatic heterocycles. The Bertz CT molecular complexity index is 1550. The van der Waals surface area contributed by atoms with Crippen LogP contribution in [0.1, 0.15) is 56.7 Å². The van der Waals surface area contributed by atoms with Gasteiger partial charge in [-0.25, -0.2) is 9.78 Å². The quantitative estimate of drug-likeness (QED) is 0.254. The molecule has 10 heteroatoms. The minimum atomic E-state index is -0.294. The molecular formula is C36H44N8O2. The Balaban J connectivity index is 1.41. The molecule has 2 atom stereocenters. The van der Waals surface area contributed by atoms with Crippen molar-refractivity contribution in [3.63, 3.8) is 0 Å². The van der Waals surface area contributed by atoms with Gasteiger partial charge >= 0.3 is 6.03 Å². The van der Waals surface area contributed by atoms with Gasteiger partial charge < -0.3 is 25.8 Å². The highest BCUT2D eigenvalue weighted by atomic mass is 16.2. The first-order valence-corrected chi connectivity index (χ1v) is 16.1. The van der Waals surface area contributed by atoms with Crippen molar-refractivity contribution in [3.05, 3.63) is 90.6 Å². The second-order valence-corrected chi connectivity index (χ2v) is 12.3. The second-order valence-electron chi connectivity index (χ2n) is 12.3. The van der Waals surface area contributed by atoms with Gasteiger partial charge in [0.15, 0.2) is 0 Å². The molecule has 46 heavy (non-hydrogen) atoms. The number of aromatic nitrogens is 1. The van der Waals surface area contributed by atoms with Gasteiger partial charge in [-0.3, -0.25) is 9.69 Å². The van der Waals surface area contributed by atoms with Gasteiger partial charge in [-0.1, -0.05) is 36.9 Å². The summed E-state index contributed by atoms with van der Waals surface area (Å²) in [6, 6.07) is 21.7. The summed E-state index contributed by atoms with van der Waals surface area (Å²) >= 11 is 0. The van der Waals surface area contributed by atoms with Gasteiger partial charge in [-0.05, 0) is 88.5 Å². The lowest BCUT2D eigenvalue weighted by molar-refractivity contribution is -0.111. The average Bonchev–Trinajstić information content (AvgIpc) is 3.07. The van der Waals surface area contributed by atoms with Crippen molar-refractivity contribution in [2.75, 3.05) is 47.1 Å².